The molecule has 0 aromatic heterocycles. The summed E-state index contributed by atoms with van der Waals surface area (Å²) in [5.74, 6) is -0.926. The van der Waals surface area contributed by atoms with Gasteiger partial charge in [0.2, 0.25) is 0 Å². The zero-order chi connectivity index (χ0) is 11.5. The predicted molar refractivity (Wildman–Crippen MR) is 56.2 cm³/mol. The lowest BCUT2D eigenvalue weighted by Crippen LogP contribution is -2.29. The molecule has 4 heteroatoms. The highest BCUT2D eigenvalue weighted by Crippen LogP contribution is 2.16. The third-order valence-electron chi connectivity index (χ3n) is 2.50. The molecule has 0 radical (unpaired) electrons. The molecule has 0 saturated heterocycles. The average molecular weight is 220 g/mol. The summed E-state index contributed by atoms with van der Waals surface area (Å²) >= 11 is 0. The topological polar surface area (TPSA) is 52.6 Å². The third kappa shape index (κ3) is 1.91. The Labute approximate surface area is 93.2 Å². The number of benzene rings is 1. The lowest BCUT2D eigenvalue weighted by atomic mass is 10.1. The zero-order valence-electron chi connectivity index (χ0n) is 8.93. The first kappa shape index (κ1) is 10.7. The summed E-state index contributed by atoms with van der Waals surface area (Å²) < 4.78 is 10.2. The molecule has 0 N–H and O–H groups in total. The van der Waals surface area contributed by atoms with Gasteiger partial charge in [0, 0.05) is 0 Å². The second-order valence-electron chi connectivity index (χ2n) is 3.58. The number of carbonyl (C=O) groups is 2. The number of cyclic esters (lactones) is 2. The molecule has 1 atom stereocenters. The number of carbonyl (C=O) groups excluding carboxylic acids is 2. The first-order valence-corrected chi connectivity index (χ1v) is 5.19. The van der Waals surface area contributed by atoms with Gasteiger partial charge in [-0.3, -0.25) is 0 Å². The van der Waals surface area contributed by atoms with E-state index in [0.717, 1.165) is 0 Å². The molecule has 1 unspecified atom stereocenters. The van der Waals surface area contributed by atoms with Gasteiger partial charge in [0.25, 0.3) is 0 Å². The maximum Gasteiger partial charge on any atom is 0.339 e. The molecule has 0 fully saturated rings. The van der Waals surface area contributed by atoms with Crippen molar-refractivity contribution in [1.29, 1.82) is 0 Å². The number of esters is 2. The van der Waals surface area contributed by atoms with Crippen LogP contribution in [0.25, 0.3) is 0 Å². The van der Waals surface area contributed by atoms with Crippen LogP contribution in [0.3, 0.4) is 0 Å². The second kappa shape index (κ2) is 4.35. The van der Waals surface area contributed by atoms with E-state index in [2.05, 4.69) is 0 Å². The van der Waals surface area contributed by atoms with E-state index in [1.54, 1.807) is 24.3 Å². The van der Waals surface area contributed by atoms with Crippen LogP contribution in [-0.2, 0) is 9.47 Å². The fourth-order valence-electron chi connectivity index (χ4n) is 1.54. The van der Waals surface area contributed by atoms with Crippen LogP contribution in [0.1, 0.15) is 34.1 Å². The summed E-state index contributed by atoms with van der Waals surface area (Å²) in [5, 5.41) is 0. The summed E-state index contributed by atoms with van der Waals surface area (Å²) in [6.07, 6.45) is 0.270. The molecule has 0 saturated carbocycles. The molecule has 1 aliphatic heterocycles. The quantitative estimate of drug-likeness (QED) is 0.677. The normalized spacial score (nSPS) is 20.2. The number of fused-ring (bicyclic) bond motifs is 1. The number of hydrogen-bond donors (Lipinski definition) is 0. The van der Waals surface area contributed by atoms with Gasteiger partial charge < -0.3 is 9.47 Å². The van der Waals surface area contributed by atoms with E-state index in [0.29, 0.717) is 6.42 Å². The molecule has 1 heterocycles. The van der Waals surface area contributed by atoms with Gasteiger partial charge in [-0.15, -0.1) is 0 Å². The minimum atomic E-state index is -0.467. The summed E-state index contributed by atoms with van der Waals surface area (Å²) in [4.78, 5) is 23.4. The Bertz CT molecular complexity index is 425. The Balaban J connectivity index is 2.39. The monoisotopic (exact) mass is 220 g/mol. The molecule has 16 heavy (non-hydrogen) atoms. The van der Waals surface area contributed by atoms with Crippen molar-refractivity contribution in [2.45, 2.75) is 19.4 Å². The summed E-state index contributed by atoms with van der Waals surface area (Å²) in [6.45, 7) is 1.99. The van der Waals surface area contributed by atoms with Crippen LogP contribution in [0, 0.1) is 0 Å². The van der Waals surface area contributed by atoms with Crippen molar-refractivity contribution in [3.05, 3.63) is 35.4 Å². The van der Waals surface area contributed by atoms with E-state index in [1.807, 2.05) is 6.92 Å². The molecule has 0 aliphatic carbocycles. The predicted octanol–water partition coefficient (Wildman–Crippen LogP) is 1.79. The maximum atomic E-state index is 11.7. The Morgan fingerprint density at radius 2 is 1.81 bits per heavy atom. The Hall–Kier alpha value is -1.84. The highest BCUT2D eigenvalue weighted by molar-refractivity contribution is 6.03. The van der Waals surface area contributed by atoms with Gasteiger partial charge in [0.1, 0.15) is 12.7 Å². The van der Waals surface area contributed by atoms with Crippen molar-refractivity contribution < 1.29 is 19.1 Å². The average Bonchev–Trinajstić information content (AvgIpc) is 2.32. The molecular formula is C12H12O4. The van der Waals surface area contributed by atoms with E-state index < -0.39 is 11.9 Å². The van der Waals surface area contributed by atoms with Gasteiger partial charge in [-0.1, -0.05) is 19.1 Å². The molecule has 0 bridgehead atoms. The van der Waals surface area contributed by atoms with E-state index in [9.17, 15) is 9.59 Å². The van der Waals surface area contributed by atoms with Crippen molar-refractivity contribution in [2.75, 3.05) is 6.61 Å². The summed E-state index contributed by atoms with van der Waals surface area (Å²) in [6, 6.07) is 6.50. The summed E-state index contributed by atoms with van der Waals surface area (Å²) in [7, 11) is 0. The third-order valence-corrected chi connectivity index (χ3v) is 2.50. The van der Waals surface area contributed by atoms with Crippen molar-refractivity contribution in [2.24, 2.45) is 0 Å². The lowest BCUT2D eigenvalue weighted by Gasteiger charge is -2.20. The van der Waals surface area contributed by atoms with Crippen LogP contribution in [-0.4, -0.2) is 24.6 Å². The fourth-order valence-corrected chi connectivity index (χ4v) is 1.54. The molecule has 1 aliphatic rings. The lowest BCUT2D eigenvalue weighted by molar-refractivity contribution is -0.00528. The first-order chi connectivity index (χ1) is 7.72. The smallest absolute Gasteiger partial charge is 0.339 e. The molecule has 84 valence electrons. The molecular weight excluding hydrogens is 208 g/mol. The van der Waals surface area contributed by atoms with Gasteiger partial charge in [-0.05, 0) is 18.6 Å². The highest BCUT2D eigenvalue weighted by Gasteiger charge is 2.25. The number of hydrogen-bond acceptors (Lipinski definition) is 4. The van der Waals surface area contributed by atoms with Gasteiger partial charge in [0.05, 0.1) is 11.1 Å². The minimum absolute atomic E-state index is 0.120. The van der Waals surface area contributed by atoms with Gasteiger partial charge >= 0.3 is 11.9 Å². The molecule has 1 aromatic rings. The largest absolute Gasteiger partial charge is 0.458 e. The molecule has 1 aromatic carbocycles. The molecule has 4 nitrogen and oxygen atoms in total. The number of ether oxygens (including phenoxy) is 2. The molecule has 0 spiro atoms. The minimum Gasteiger partial charge on any atom is -0.458 e. The fraction of sp³-hybridized carbons (Fsp3) is 0.333. The van der Waals surface area contributed by atoms with Crippen LogP contribution in [0.2, 0.25) is 0 Å². The molecule has 0 amide bonds. The number of rotatable bonds is 1. The van der Waals surface area contributed by atoms with Crippen molar-refractivity contribution >= 4 is 11.9 Å². The van der Waals surface area contributed by atoms with Crippen LogP contribution in [0.15, 0.2) is 24.3 Å². The van der Waals surface area contributed by atoms with Gasteiger partial charge in [0.15, 0.2) is 0 Å². The van der Waals surface area contributed by atoms with Crippen LogP contribution < -0.4 is 0 Å². The zero-order valence-corrected chi connectivity index (χ0v) is 8.93. The van der Waals surface area contributed by atoms with Crippen LogP contribution >= 0.6 is 0 Å². The van der Waals surface area contributed by atoms with Gasteiger partial charge in [-0.25, -0.2) is 9.59 Å². The van der Waals surface area contributed by atoms with Crippen molar-refractivity contribution in [3.63, 3.8) is 0 Å². The Morgan fingerprint density at radius 1 is 1.19 bits per heavy atom. The second-order valence-corrected chi connectivity index (χ2v) is 3.58. The van der Waals surface area contributed by atoms with E-state index in [4.69, 9.17) is 9.47 Å². The highest BCUT2D eigenvalue weighted by atomic mass is 16.6. The van der Waals surface area contributed by atoms with E-state index in [-0.39, 0.29) is 23.8 Å². The van der Waals surface area contributed by atoms with Crippen molar-refractivity contribution in [1.82, 2.24) is 0 Å². The SMILES string of the molecule is CCC1COC(=O)c2ccccc2C(=O)O1. The van der Waals surface area contributed by atoms with Crippen molar-refractivity contribution in [3.8, 4) is 0 Å². The van der Waals surface area contributed by atoms with E-state index >= 15 is 0 Å². The maximum absolute atomic E-state index is 11.7. The standard InChI is InChI=1S/C12H12O4/c1-2-8-7-15-11(13)9-5-3-4-6-10(9)12(14)16-8/h3-6,8H,2,7H2,1H3. The van der Waals surface area contributed by atoms with Gasteiger partial charge in [-0.2, -0.15) is 0 Å². The Morgan fingerprint density at radius 3 is 2.44 bits per heavy atom. The van der Waals surface area contributed by atoms with Crippen LogP contribution in [0.4, 0.5) is 0 Å². The van der Waals surface area contributed by atoms with Crippen LogP contribution in [0.5, 0.6) is 0 Å². The Kier molecular flexibility index (Phi) is 2.90. The first-order valence-electron chi connectivity index (χ1n) is 5.19. The van der Waals surface area contributed by atoms with E-state index in [1.165, 1.54) is 0 Å². The molecule has 2 rings (SSSR count). The summed E-state index contributed by atoms with van der Waals surface area (Å²) in [5.41, 5.74) is 0.535.